The highest BCUT2D eigenvalue weighted by atomic mass is 32.2. The molecule has 2 aromatic carbocycles. The molecule has 0 aromatic heterocycles. The Balaban J connectivity index is 1.77. The predicted molar refractivity (Wildman–Crippen MR) is 107 cm³/mol. The van der Waals surface area contributed by atoms with Crippen LogP contribution in [0.15, 0.2) is 53.4 Å². The smallest absolute Gasteiger partial charge is 0.255 e. The number of benzene rings is 2. The zero-order chi connectivity index (χ0) is 19.3. The second-order valence-electron chi connectivity index (χ2n) is 6.85. The average molecular weight is 387 g/mol. The van der Waals surface area contributed by atoms with Gasteiger partial charge in [0.15, 0.2) is 0 Å². The van der Waals surface area contributed by atoms with E-state index in [0.717, 1.165) is 37.7 Å². The first kappa shape index (κ1) is 19.6. The van der Waals surface area contributed by atoms with Crippen molar-refractivity contribution >= 4 is 21.6 Å². The summed E-state index contributed by atoms with van der Waals surface area (Å²) in [4.78, 5) is 12.7. The number of anilines is 1. The van der Waals surface area contributed by atoms with Crippen molar-refractivity contribution in [1.82, 2.24) is 4.31 Å². The van der Waals surface area contributed by atoms with Crippen LogP contribution < -0.4 is 5.32 Å². The molecule has 1 fully saturated rings. The highest BCUT2D eigenvalue weighted by Gasteiger charge is 2.25. The summed E-state index contributed by atoms with van der Waals surface area (Å²) in [5.74, 6) is -0.248. The summed E-state index contributed by atoms with van der Waals surface area (Å²) in [5, 5.41) is 2.80. The molecule has 1 aliphatic heterocycles. The molecule has 1 saturated heterocycles. The molecule has 27 heavy (non-hydrogen) atoms. The van der Waals surface area contributed by atoms with E-state index >= 15 is 0 Å². The second-order valence-corrected chi connectivity index (χ2v) is 8.79. The fraction of sp³-hybridized carbons (Fsp3) is 0.381. The van der Waals surface area contributed by atoms with Crippen LogP contribution in [0.5, 0.6) is 0 Å². The third-order valence-electron chi connectivity index (χ3n) is 4.92. The van der Waals surface area contributed by atoms with E-state index in [0.29, 0.717) is 24.3 Å². The quantitative estimate of drug-likeness (QED) is 0.842. The van der Waals surface area contributed by atoms with Gasteiger partial charge in [-0.15, -0.1) is 0 Å². The molecule has 1 aliphatic rings. The number of rotatable bonds is 5. The minimum atomic E-state index is -3.54. The summed E-state index contributed by atoms with van der Waals surface area (Å²) in [6, 6.07) is 13.9. The summed E-state index contributed by atoms with van der Waals surface area (Å²) in [7, 11) is -3.54. The number of nitrogens with one attached hydrogen (secondary N) is 1. The van der Waals surface area contributed by atoms with Crippen LogP contribution in [0.25, 0.3) is 0 Å². The van der Waals surface area contributed by atoms with Crippen LogP contribution in [0.2, 0.25) is 0 Å². The summed E-state index contributed by atoms with van der Waals surface area (Å²) in [6.07, 6.45) is 4.84. The van der Waals surface area contributed by atoms with Crippen molar-refractivity contribution < 1.29 is 13.2 Å². The maximum Gasteiger partial charge on any atom is 0.255 e. The second kappa shape index (κ2) is 8.67. The van der Waals surface area contributed by atoms with Gasteiger partial charge in [0.05, 0.1) is 4.90 Å². The Kier molecular flexibility index (Phi) is 6.29. The van der Waals surface area contributed by atoms with Gasteiger partial charge >= 0.3 is 0 Å². The average Bonchev–Trinajstić information content (AvgIpc) is 2.98. The Morgan fingerprint density at radius 3 is 2.30 bits per heavy atom. The van der Waals surface area contributed by atoms with Gasteiger partial charge in [-0.1, -0.05) is 38.0 Å². The standard InChI is InChI=1S/C21H26N2O3S/c1-2-17-10-12-18(13-11-17)21(24)22-19-8-7-9-20(16-19)27(25,26)23-14-5-3-4-6-15-23/h7-13,16H,2-6,14-15H2,1H3,(H,22,24). The van der Waals surface area contributed by atoms with Crippen LogP contribution in [0, 0.1) is 0 Å². The highest BCUT2D eigenvalue weighted by molar-refractivity contribution is 7.89. The lowest BCUT2D eigenvalue weighted by atomic mass is 10.1. The fourth-order valence-electron chi connectivity index (χ4n) is 3.26. The maximum absolute atomic E-state index is 12.9. The van der Waals surface area contributed by atoms with Crippen molar-refractivity contribution in [1.29, 1.82) is 0 Å². The van der Waals surface area contributed by atoms with Crippen molar-refractivity contribution in [3.05, 3.63) is 59.7 Å². The lowest BCUT2D eigenvalue weighted by molar-refractivity contribution is 0.102. The molecule has 1 heterocycles. The lowest BCUT2D eigenvalue weighted by Gasteiger charge is -2.20. The molecule has 0 saturated carbocycles. The highest BCUT2D eigenvalue weighted by Crippen LogP contribution is 2.23. The molecule has 6 heteroatoms. The molecule has 5 nitrogen and oxygen atoms in total. The number of carbonyl (C=O) groups excluding carboxylic acids is 1. The molecule has 0 spiro atoms. The van der Waals surface area contributed by atoms with Crippen LogP contribution in [-0.4, -0.2) is 31.7 Å². The Labute approximate surface area is 161 Å². The van der Waals surface area contributed by atoms with Gasteiger partial charge in [0.2, 0.25) is 10.0 Å². The third-order valence-corrected chi connectivity index (χ3v) is 6.81. The Bertz CT molecular complexity index is 884. The summed E-state index contributed by atoms with van der Waals surface area (Å²) < 4.78 is 27.4. The van der Waals surface area contributed by atoms with Crippen LogP contribution in [0.3, 0.4) is 0 Å². The fourth-order valence-corrected chi connectivity index (χ4v) is 4.82. The summed E-state index contributed by atoms with van der Waals surface area (Å²) in [5.41, 5.74) is 2.19. The number of aryl methyl sites for hydroxylation is 1. The van der Waals surface area contributed by atoms with Crippen molar-refractivity contribution in [3.8, 4) is 0 Å². The normalized spacial score (nSPS) is 15.9. The molecule has 2 aromatic rings. The molecule has 0 atom stereocenters. The van der Waals surface area contributed by atoms with Crippen molar-refractivity contribution in [2.75, 3.05) is 18.4 Å². The van der Waals surface area contributed by atoms with Gasteiger partial charge < -0.3 is 5.32 Å². The molecule has 0 bridgehead atoms. The molecular weight excluding hydrogens is 360 g/mol. The number of hydrogen-bond acceptors (Lipinski definition) is 3. The van der Waals surface area contributed by atoms with Crippen LogP contribution in [0.1, 0.15) is 48.5 Å². The van der Waals surface area contributed by atoms with Gasteiger partial charge in [-0.3, -0.25) is 4.79 Å². The number of carbonyl (C=O) groups is 1. The van der Waals surface area contributed by atoms with Crippen molar-refractivity contribution in [2.45, 2.75) is 43.9 Å². The Morgan fingerprint density at radius 1 is 1.00 bits per heavy atom. The molecule has 0 radical (unpaired) electrons. The molecule has 144 valence electrons. The van der Waals surface area contributed by atoms with Gasteiger partial charge in [0.25, 0.3) is 5.91 Å². The zero-order valence-electron chi connectivity index (χ0n) is 15.6. The van der Waals surface area contributed by atoms with Gasteiger partial charge in [-0.2, -0.15) is 4.31 Å². The minimum Gasteiger partial charge on any atom is -0.322 e. The SMILES string of the molecule is CCc1ccc(C(=O)Nc2cccc(S(=O)(=O)N3CCCCCC3)c2)cc1. The van der Waals surface area contributed by atoms with E-state index in [1.54, 1.807) is 40.7 Å². The summed E-state index contributed by atoms with van der Waals surface area (Å²) >= 11 is 0. The molecule has 1 N–H and O–H groups in total. The third kappa shape index (κ3) is 4.76. The minimum absolute atomic E-state index is 0.225. The van der Waals surface area contributed by atoms with E-state index in [1.807, 2.05) is 12.1 Å². The van der Waals surface area contributed by atoms with Gasteiger partial charge in [0, 0.05) is 24.3 Å². The number of hydrogen-bond donors (Lipinski definition) is 1. The van der Waals surface area contributed by atoms with Gasteiger partial charge in [-0.05, 0) is 55.2 Å². The topological polar surface area (TPSA) is 66.5 Å². The van der Waals surface area contributed by atoms with Crippen molar-refractivity contribution in [3.63, 3.8) is 0 Å². The van der Waals surface area contributed by atoms with E-state index in [2.05, 4.69) is 12.2 Å². The first-order valence-corrected chi connectivity index (χ1v) is 11.0. The molecule has 1 amide bonds. The monoisotopic (exact) mass is 386 g/mol. The number of amides is 1. The first-order chi connectivity index (χ1) is 13.0. The summed E-state index contributed by atoms with van der Waals surface area (Å²) in [6.45, 7) is 3.18. The van der Waals surface area contributed by atoms with E-state index in [4.69, 9.17) is 0 Å². The van der Waals surface area contributed by atoms with E-state index in [9.17, 15) is 13.2 Å². The molecule has 3 rings (SSSR count). The number of sulfonamides is 1. The largest absolute Gasteiger partial charge is 0.322 e. The number of nitrogens with zero attached hydrogens (tertiary/aromatic N) is 1. The lowest BCUT2D eigenvalue weighted by Crippen LogP contribution is -2.32. The van der Waals surface area contributed by atoms with E-state index < -0.39 is 10.0 Å². The van der Waals surface area contributed by atoms with Gasteiger partial charge in [-0.25, -0.2) is 8.42 Å². The van der Waals surface area contributed by atoms with Crippen LogP contribution in [-0.2, 0) is 16.4 Å². The predicted octanol–water partition coefficient (Wildman–Crippen LogP) is 4.07. The first-order valence-electron chi connectivity index (χ1n) is 9.51. The van der Waals surface area contributed by atoms with Crippen molar-refractivity contribution in [2.24, 2.45) is 0 Å². The van der Waals surface area contributed by atoms with E-state index in [1.165, 1.54) is 0 Å². The maximum atomic E-state index is 12.9. The zero-order valence-corrected chi connectivity index (χ0v) is 16.5. The van der Waals surface area contributed by atoms with E-state index in [-0.39, 0.29) is 10.8 Å². The van der Waals surface area contributed by atoms with Crippen LogP contribution in [0.4, 0.5) is 5.69 Å². The Morgan fingerprint density at radius 2 is 1.67 bits per heavy atom. The molecule has 0 unspecified atom stereocenters. The Hall–Kier alpha value is -2.18. The molecule has 0 aliphatic carbocycles. The molecular formula is C21H26N2O3S. The van der Waals surface area contributed by atoms with Crippen LogP contribution >= 0.6 is 0 Å². The van der Waals surface area contributed by atoms with Gasteiger partial charge in [0.1, 0.15) is 0 Å².